The van der Waals surface area contributed by atoms with Crippen LogP contribution in [0, 0.1) is 0 Å². The summed E-state index contributed by atoms with van der Waals surface area (Å²) in [5, 5.41) is 0. The van der Waals surface area contributed by atoms with Crippen molar-refractivity contribution in [3.05, 3.63) is 48.3 Å². The molecule has 0 amide bonds. The van der Waals surface area contributed by atoms with Crippen LogP contribution in [0.1, 0.15) is 18.4 Å². The second-order valence-corrected chi connectivity index (χ2v) is 5.45. The van der Waals surface area contributed by atoms with Gasteiger partial charge in [0.15, 0.2) is 0 Å². The molecule has 1 fully saturated rings. The van der Waals surface area contributed by atoms with E-state index in [1.807, 2.05) is 24.5 Å². The molecular weight excluding hydrogens is 246 g/mol. The third-order valence-corrected chi connectivity index (χ3v) is 4.02. The summed E-state index contributed by atoms with van der Waals surface area (Å²) in [6.45, 7) is 3.63. The van der Waals surface area contributed by atoms with Gasteiger partial charge in [0.25, 0.3) is 0 Å². The highest BCUT2D eigenvalue weighted by atomic mass is 15.1. The van der Waals surface area contributed by atoms with Crippen LogP contribution in [-0.2, 0) is 6.42 Å². The standard InChI is InChI=1S/C17H21N3/c18-16-5-3-14(4-6-16)17-7-9-19-13-15(17)8-12-20-10-1-2-11-20/h3-7,9,13H,1-2,8,10-12,18H2. The van der Waals surface area contributed by atoms with Crippen molar-refractivity contribution in [2.75, 3.05) is 25.4 Å². The highest BCUT2D eigenvalue weighted by Gasteiger charge is 2.12. The normalized spacial score (nSPS) is 15.6. The molecule has 0 spiro atoms. The summed E-state index contributed by atoms with van der Waals surface area (Å²) < 4.78 is 0. The van der Waals surface area contributed by atoms with Crippen LogP contribution < -0.4 is 5.73 Å². The number of rotatable bonds is 4. The lowest BCUT2D eigenvalue weighted by atomic mass is 9.99. The van der Waals surface area contributed by atoms with Gasteiger partial charge in [-0.3, -0.25) is 4.98 Å². The SMILES string of the molecule is Nc1ccc(-c2ccncc2CCN2CCCC2)cc1. The van der Waals surface area contributed by atoms with Crippen LogP contribution >= 0.6 is 0 Å². The molecule has 0 radical (unpaired) electrons. The lowest BCUT2D eigenvalue weighted by molar-refractivity contribution is 0.343. The number of anilines is 1. The first-order valence-corrected chi connectivity index (χ1v) is 7.34. The zero-order chi connectivity index (χ0) is 13.8. The molecule has 2 heterocycles. The van der Waals surface area contributed by atoms with E-state index in [9.17, 15) is 0 Å². The van der Waals surface area contributed by atoms with E-state index in [0.29, 0.717) is 0 Å². The Morgan fingerprint density at radius 3 is 2.55 bits per heavy atom. The summed E-state index contributed by atoms with van der Waals surface area (Å²) in [5.41, 5.74) is 10.4. The van der Waals surface area contributed by atoms with Crippen molar-refractivity contribution >= 4 is 5.69 Å². The summed E-state index contributed by atoms with van der Waals surface area (Å²) in [4.78, 5) is 6.83. The molecule has 1 aromatic carbocycles. The lowest BCUT2D eigenvalue weighted by Crippen LogP contribution is -2.22. The van der Waals surface area contributed by atoms with Gasteiger partial charge in [-0.05, 0) is 67.2 Å². The Bertz CT molecular complexity index is 557. The van der Waals surface area contributed by atoms with Crippen LogP contribution in [0.3, 0.4) is 0 Å². The predicted octanol–water partition coefficient (Wildman–Crippen LogP) is 2.97. The van der Waals surface area contributed by atoms with Crippen LogP contribution in [0.5, 0.6) is 0 Å². The summed E-state index contributed by atoms with van der Waals surface area (Å²) in [7, 11) is 0. The van der Waals surface area contributed by atoms with Gasteiger partial charge in [-0.25, -0.2) is 0 Å². The number of nitrogen functional groups attached to an aromatic ring is 1. The first-order valence-electron chi connectivity index (χ1n) is 7.34. The molecule has 0 aliphatic carbocycles. The maximum Gasteiger partial charge on any atom is 0.0314 e. The third-order valence-electron chi connectivity index (χ3n) is 4.02. The molecular formula is C17H21N3. The Labute approximate surface area is 120 Å². The topological polar surface area (TPSA) is 42.1 Å². The van der Waals surface area contributed by atoms with Crippen molar-refractivity contribution in [1.82, 2.24) is 9.88 Å². The van der Waals surface area contributed by atoms with Gasteiger partial charge in [-0.15, -0.1) is 0 Å². The zero-order valence-electron chi connectivity index (χ0n) is 11.8. The first-order chi connectivity index (χ1) is 9.83. The summed E-state index contributed by atoms with van der Waals surface area (Å²) in [5.74, 6) is 0. The minimum atomic E-state index is 0.807. The highest BCUT2D eigenvalue weighted by Crippen LogP contribution is 2.24. The van der Waals surface area contributed by atoms with Gasteiger partial charge in [0.05, 0.1) is 0 Å². The Morgan fingerprint density at radius 1 is 1.05 bits per heavy atom. The molecule has 0 atom stereocenters. The van der Waals surface area contributed by atoms with Crippen molar-refractivity contribution in [3.63, 3.8) is 0 Å². The van der Waals surface area contributed by atoms with E-state index in [1.165, 1.54) is 42.6 Å². The van der Waals surface area contributed by atoms with Crippen molar-refractivity contribution in [3.8, 4) is 11.1 Å². The molecule has 0 saturated carbocycles. The molecule has 1 aliphatic heterocycles. The highest BCUT2D eigenvalue weighted by molar-refractivity contribution is 5.68. The first kappa shape index (κ1) is 13.1. The number of nitrogens with zero attached hydrogens (tertiary/aromatic N) is 2. The summed E-state index contributed by atoms with van der Waals surface area (Å²) in [6, 6.07) is 10.2. The molecule has 0 unspecified atom stereocenters. The molecule has 104 valence electrons. The third kappa shape index (κ3) is 2.99. The van der Waals surface area contributed by atoms with E-state index in [0.717, 1.165) is 18.7 Å². The lowest BCUT2D eigenvalue weighted by Gasteiger charge is -2.16. The van der Waals surface area contributed by atoms with Crippen LogP contribution in [-0.4, -0.2) is 29.5 Å². The molecule has 1 saturated heterocycles. The van der Waals surface area contributed by atoms with E-state index >= 15 is 0 Å². The minimum absolute atomic E-state index is 0.807. The van der Waals surface area contributed by atoms with E-state index < -0.39 is 0 Å². The number of aromatic nitrogens is 1. The average molecular weight is 267 g/mol. The Hall–Kier alpha value is -1.87. The van der Waals surface area contributed by atoms with Crippen molar-refractivity contribution < 1.29 is 0 Å². The van der Waals surface area contributed by atoms with Crippen LogP contribution in [0.2, 0.25) is 0 Å². The maximum absolute atomic E-state index is 5.77. The number of hydrogen-bond acceptors (Lipinski definition) is 3. The van der Waals surface area contributed by atoms with E-state index in [1.54, 1.807) is 0 Å². The van der Waals surface area contributed by atoms with Gasteiger partial charge in [-0.2, -0.15) is 0 Å². The van der Waals surface area contributed by atoms with Gasteiger partial charge >= 0.3 is 0 Å². The van der Waals surface area contributed by atoms with Crippen molar-refractivity contribution in [2.24, 2.45) is 0 Å². The molecule has 0 bridgehead atoms. The van der Waals surface area contributed by atoms with Crippen LogP contribution in [0.25, 0.3) is 11.1 Å². The summed E-state index contributed by atoms with van der Waals surface area (Å²) in [6.07, 6.45) is 7.62. The van der Waals surface area contributed by atoms with Gasteiger partial charge in [-0.1, -0.05) is 12.1 Å². The molecule has 1 aliphatic rings. The number of nitrogens with two attached hydrogens (primary N) is 1. The number of hydrogen-bond donors (Lipinski definition) is 1. The summed E-state index contributed by atoms with van der Waals surface area (Å²) >= 11 is 0. The van der Waals surface area contributed by atoms with E-state index in [4.69, 9.17) is 5.73 Å². The molecule has 1 aromatic heterocycles. The fourth-order valence-electron chi connectivity index (χ4n) is 2.86. The number of likely N-dealkylation sites (tertiary alicyclic amines) is 1. The molecule has 3 heteroatoms. The number of benzene rings is 1. The molecule has 3 rings (SSSR count). The second-order valence-electron chi connectivity index (χ2n) is 5.45. The van der Waals surface area contributed by atoms with Crippen LogP contribution in [0.4, 0.5) is 5.69 Å². The smallest absolute Gasteiger partial charge is 0.0314 e. The Morgan fingerprint density at radius 2 is 1.80 bits per heavy atom. The monoisotopic (exact) mass is 267 g/mol. The van der Waals surface area contributed by atoms with Gasteiger partial charge in [0.2, 0.25) is 0 Å². The average Bonchev–Trinajstić information content (AvgIpc) is 3.00. The van der Waals surface area contributed by atoms with Gasteiger partial charge in [0.1, 0.15) is 0 Å². The van der Waals surface area contributed by atoms with Gasteiger partial charge in [0, 0.05) is 24.6 Å². The van der Waals surface area contributed by atoms with Gasteiger partial charge < -0.3 is 10.6 Å². The van der Waals surface area contributed by atoms with Crippen LogP contribution in [0.15, 0.2) is 42.7 Å². The maximum atomic E-state index is 5.77. The molecule has 2 aromatic rings. The second kappa shape index (κ2) is 6.06. The Kier molecular flexibility index (Phi) is 3.97. The van der Waals surface area contributed by atoms with E-state index in [2.05, 4.69) is 28.1 Å². The Balaban J connectivity index is 1.78. The quantitative estimate of drug-likeness (QED) is 0.866. The fourth-order valence-corrected chi connectivity index (χ4v) is 2.86. The van der Waals surface area contributed by atoms with Crippen molar-refractivity contribution in [2.45, 2.75) is 19.3 Å². The largest absolute Gasteiger partial charge is 0.399 e. The minimum Gasteiger partial charge on any atom is -0.399 e. The fraction of sp³-hybridized carbons (Fsp3) is 0.353. The van der Waals surface area contributed by atoms with E-state index in [-0.39, 0.29) is 0 Å². The molecule has 3 nitrogen and oxygen atoms in total. The van der Waals surface area contributed by atoms with Crippen molar-refractivity contribution in [1.29, 1.82) is 0 Å². The number of pyridine rings is 1. The predicted molar refractivity (Wildman–Crippen MR) is 83.5 cm³/mol. The zero-order valence-corrected chi connectivity index (χ0v) is 11.8. The molecule has 2 N–H and O–H groups in total. The molecule has 20 heavy (non-hydrogen) atoms.